The van der Waals surface area contributed by atoms with Gasteiger partial charge in [-0.25, -0.2) is 9.37 Å². The normalized spacial score (nSPS) is 10.8. The molecule has 2 rings (SSSR count). The van der Waals surface area contributed by atoms with Gasteiger partial charge in [0.15, 0.2) is 5.58 Å². The van der Waals surface area contributed by atoms with Crippen molar-refractivity contribution in [2.24, 2.45) is 0 Å². The van der Waals surface area contributed by atoms with E-state index in [9.17, 15) is 9.18 Å². The quantitative estimate of drug-likeness (QED) is 0.776. The number of aromatic nitrogens is 1. The molecule has 0 unspecified atom stereocenters. The lowest BCUT2D eigenvalue weighted by molar-refractivity contribution is -0.118. The Kier molecular flexibility index (Phi) is 2.49. The first-order chi connectivity index (χ1) is 7.19. The van der Waals surface area contributed by atoms with Crippen molar-refractivity contribution in [3.05, 3.63) is 29.9 Å². The number of nitrogens with zero attached hydrogens (tertiary/aromatic N) is 1. The number of ketones is 1. The Morgan fingerprint density at radius 2 is 2.33 bits per heavy atom. The van der Waals surface area contributed by atoms with E-state index in [4.69, 9.17) is 4.42 Å². The highest BCUT2D eigenvalue weighted by molar-refractivity contribution is 5.80. The molecule has 0 N–H and O–H groups in total. The van der Waals surface area contributed by atoms with Crippen LogP contribution in [0.15, 0.2) is 22.6 Å². The minimum atomic E-state index is -0.369. The molecule has 78 valence electrons. The van der Waals surface area contributed by atoms with Crippen molar-refractivity contribution < 1.29 is 13.6 Å². The van der Waals surface area contributed by atoms with E-state index in [1.54, 1.807) is 6.92 Å². The molecular weight excluding hydrogens is 197 g/mol. The predicted molar refractivity (Wildman–Crippen MR) is 53.0 cm³/mol. The molecule has 0 spiro atoms. The van der Waals surface area contributed by atoms with Gasteiger partial charge in [-0.15, -0.1) is 0 Å². The summed E-state index contributed by atoms with van der Waals surface area (Å²) in [4.78, 5) is 15.2. The Morgan fingerprint density at radius 3 is 3.07 bits per heavy atom. The number of rotatable bonds is 3. The second-order valence-corrected chi connectivity index (χ2v) is 3.29. The molecule has 0 aliphatic carbocycles. The van der Waals surface area contributed by atoms with Crippen LogP contribution in [-0.4, -0.2) is 10.8 Å². The molecule has 1 aromatic heterocycles. The van der Waals surface area contributed by atoms with E-state index in [-0.39, 0.29) is 18.0 Å². The van der Waals surface area contributed by atoms with Crippen molar-refractivity contribution in [1.82, 2.24) is 4.98 Å². The molecule has 0 bridgehead atoms. The first-order valence-electron chi connectivity index (χ1n) is 4.75. The molecule has 0 atom stereocenters. The highest BCUT2D eigenvalue weighted by Gasteiger charge is 2.09. The molecule has 0 saturated heterocycles. The van der Waals surface area contributed by atoms with Crippen LogP contribution in [0.2, 0.25) is 0 Å². The molecule has 15 heavy (non-hydrogen) atoms. The second kappa shape index (κ2) is 3.81. The Balaban J connectivity index is 2.34. The number of oxazole rings is 1. The molecule has 0 aliphatic rings. The Labute approximate surface area is 85.9 Å². The lowest BCUT2D eigenvalue weighted by Gasteiger charge is -1.89. The van der Waals surface area contributed by atoms with Crippen LogP contribution in [0.1, 0.15) is 19.2 Å². The zero-order valence-electron chi connectivity index (χ0n) is 8.29. The van der Waals surface area contributed by atoms with Crippen molar-refractivity contribution in [1.29, 1.82) is 0 Å². The molecule has 0 radical (unpaired) electrons. The molecule has 0 aliphatic heterocycles. The Morgan fingerprint density at radius 1 is 1.53 bits per heavy atom. The minimum absolute atomic E-state index is 0.0574. The maximum Gasteiger partial charge on any atom is 0.202 e. The van der Waals surface area contributed by atoms with Crippen LogP contribution in [0.25, 0.3) is 11.1 Å². The van der Waals surface area contributed by atoms with Crippen LogP contribution in [0, 0.1) is 5.82 Å². The second-order valence-electron chi connectivity index (χ2n) is 3.29. The van der Waals surface area contributed by atoms with Gasteiger partial charge in [-0.2, -0.15) is 0 Å². The highest BCUT2D eigenvalue weighted by atomic mass is 19.1. The molecule has 1 heterocycles. The van der Waals surface area contributed by atoms with Gasteiger partial charge in [-0.05, 0) is 12.1 Å². The number of benzene rings is 1. The SMILES string of the molecule is CCC(=O)Cc1nc2ccc(F)cc2o1. The van der Waals surface area contributed by atoms with E-state index in [0.717, 1.165) is 0 Å². The number of carbonyl (C=O) groups excluding carboxylic acids is 1. The van der Waals surface area contributed by atoms with Crippen LogP contribution >= 0.6 is 0 Å². The molecular formula is C11H10FNO2. The van der Waals surface area contributed by atoms with E-state index < -0.39 is 0 Å². The lowest BCUT2D eigenvalue weighted by Crippen LogP contribution is -1.99. The minimum Gasteiger partial charge on any atom is -0.440 e. The van der Waals surface area contributed by atoms with E-state index in [1.807, 2.05) is 0 Å². The summed E-state index contributed by atoms with van der Waals surface area (Å²) >= 11 is 0. The summed E-state index contributed by atoms with van der Waals surface area (Å²) in [5, 5.41) is 0. The third-order valence-electron chi connectivity index (χ3n) is 2.14. The molecule has 0 amide bonds. The van der Waals surface area contributed by atoms with Crippen LogP contribution in [-0.2, 0) is 11.2 Å². The molecule has 0 fully saturated rings. The van der Waals surface area contributed by atoms with E-state index in [2.05, 4.69) is 4.98 Å². The van der Waals surface area contributed by atoms with Crippen molar-refractivity contribution in [3.63, 3.8) is 0 Å². The van der Waals surface area contributed by atoms with Crippen LogP contribution in [0.4, 0.5) is 4.39 Å². The van der Waals surface area contributed by atoms with Gasteiger partial charge in [0.25, 0.3) is 0 Å². The zero-order chi connectivity index (χ0) is 10.8. The molecule has 2 aromatic rings. The molecule has 3 nitrogen and oxygen atoms in total. The largest absolute Gasteiger partial charge is 0.440 e. The fourth-order valence-electron chi connectivity index (χ4n) is 1.32. The number of carbonyl (C=O) groups is 1. The Hall–Kier alpha value is -1.71. The van der Waals surface area contributed by atoms with E-state index in [1.165, 1.54) is 18.2 Å². The zero-order valence-corrected chi connectivity index (χ0v) is 8.29. The number of halogens is 1. The number of Topliss-reactive ketones (excluding diaryl/α,β-unsaturated/α-hetero) is 1. The third-order valence-corrected chi connectivity index (χ3v) is 2.14. The maximum absolute atomic E-state index is 12.8. The van der Waals surface area contributed by atoms with Gasteiger partial charge in [-0.1, -0.05) is 6.92 Å². The number of hydrogen-bond acceptors (Lipinski definition) is 3. The van der Waals surface area contributed by atoms with Crippen molar-refractivity contribution in [2.45, 2.75) is 19.8 Å². The predicted octanol–water partition coefficient (Wildman–Crippen LogP) is 2.49. The first kappa shape index (κ1) is 9.83. The summed E-state index contributed by atoms with van der Waals surface area (Å²) in [6, 6.07) is 4.12. The number of hydrogen-bond donors (Lipinski definition) is 0. The molecule has 0 saturated carbocycles. The van der Waals surface area contributed by atoms with Crippen molar-refractivity contribution in [2.75, 3.05) is 0 Å². The molecule has 1 aromatic carbocycles. The van der Waals surface area contributed by atoms with Gasteiger partial charge in [0.2, 0.25) is 5.89 Å². The summed E-state index contributed by atoms with van der Waals surface area (Å²) in [5.74, 6) is 0.0384. The van der Waals surface area contributed by atoms with Crippen LogP contribution in [0.3, 0.4) is 0 Å². The fraction of sp³-hybridized carbons (Fsp3) is 0.273. The average Bonchev–Trinajstić information content (AvgIpc) is 2.59. The Bertz CT molecular complexity index is 504. The van der Waals surface area contributed by atoms with E-state index >= 15 is 0 Å². The maximum atomic E-state index is 12.8. The highest BCUT2D eigenvalue weighted by Crippen LogP contribution is 2.17. The van der Waals surface area contributed by atoms with Gasteiger partial charge in [0.05, 0.1) is 6.42 Å². The fourth-order valence-corrected chi connectivity index (χ4v) is 1.32. The van der Waals surface area contributed by atoms with Crippen LogP contribution in [0.5, 0.6) is 0 Å². The summed E-state index contributed by atoms with van der Waals surface area (Å²) in [7, 11) is 0. The third kappa shape index (κ3) is 2.03. The average molecular weight is 207 g/mol. The van der Waals surface area contributed by atoms with Gasteiger partial charge < -0.3 is 4.42 Å². The summed E-state index contributed by atoms with van der Waals surface area (Å²) in [6.07, 6.45) is 0.625. The van der Waals surface area contributed by atoms with E-state index in [0.29, 0.717) is 23.4 Å². The van der Waals surface area contributed by atoms with Crippen molar-refractivity contribution >= 4 is 16.9 Å². The van der Waals surface area contributed by atoms with Gasteiger partial charge in [-0.3, -0.25) is 4.79 Å². The monoisotopic (exact) mass is 207 g/mol. The summed E-state index contributed by atoms with van der Waals surface area (Å²) in [5.41, 5.74) is 0.962. The summed E-state index contributed by atoms with van der Waals surface area (Å²) in [6.45, 7) is 1.78. The summed E-state index contributed by atoms with van der Waals surface area (Å²) < 4.78 is 18.1. The van der Waals surface area contributed by atoms with Gasteiger partial charge in [0.1, 0.15) is 17.1 Å². The first-order valence-corrected chi connectivity index (χ1v) is 4.75. The topological polar surface area (TPSA) is 43.1 Å². The number of fused-ring (bicyclic) bond motifs is 1. The molecule has 4 heteroatoms. The van der Waals surface area contributed by atoms with Crippen molar-refractivity contribution in [3.8, 4) is 0 Å². The smallest absolute Gasteiger partial charge is 0.202 e. The lowest BCUT2D eigenvalue weighted by atomic mass is 10.2. The van der Waals surface area contributed by atoms with Gasteiger partial charge in [0, 0.05) is 12.5 Å². The standard InChI is InChI=1S/C11H10FNO2/c1-2-8(14)6-11-13-9-4-3-7(12)5-10(9)15-11/h3-5H,2,6H2,1H3. The van der Waals surface area contributed by atoms with Gasteiger partial charge >= 0.3 is 0 Å². The van der Waals surface area contributed by atoms with Crippen LogP contribution < -0.4 is 0 Å².